The number of aryl methyl sites for hydroxylation is 1. The summed E-state index contributed by atoms with van der Waals surface area (Å²) < 4.78 is 5.14. The van der Waals surface area contributed by atoms with E-state index in [1.165, 1.54) is 0 Å². The molecule has 1 atom stereocenters. The maximum atomic E-state index is 12.6. The lowest BCUT2D eigenvalue weighted by atomic mass is 9.95. The van der Waals surface area contributed by atoms with Crippen molar-refractivity contribution < 1.29 is 19.1 Å². The van der Waals surface area contributed by atoms with Gasteiger partial charge in [-0.1, -0.05) is 36.4 Å². The molecular weight excluding hydrogens is 368 g/mol. The molecule has 3 rings (SSSR count). The Hall–Kier alpha value is -3.41. The fourth-order valence-electron chi connectivity index (χ4n) is 3.16. The second kappa shape index (κ2) is 9.68. The minimum absolute atomic E-state index is 0.194. The Balaban J connectivity index is 1.59. The van der Waals surface area contributed by atoms with Crippen LogP contribution in [-0.4, -0.2) is 24.4 Å². The van der Waals surface area contributed by atoms with E-state index in [0.29, 0.717) is 23.4 Å². The van der Waals surface area contributed by atoms with Gasteiger partial charge in [0.2, 0.25) is 0 Å². The first-order chi connectivity index (χ1) is 14.0. The van der Waals surface area contributed by atoms with Crippen molar-refractivity contribution in [3.63, 3.8) is 0 Å². The zero-order chi connectivity index (χ0) is 20.6. The number of rotatable bonds is 6. The van der Waals surface area contributed by atoms with Crippen molar-refractivity contribution in [2.75, 3.05) is 17.2 Å². The molecule has 0 saturated carbocycles. The first-order valence-corrected chi connectivity index (χ1v) is 9.61. The number of ether oxygens (including phenoxy) is 1. The molecule has 0 heterocycles. The Bertz CT molecular complexity index is 936. The van der Waals surface area contributed by atoms with Gasteiger partial charge in [0, 0.05) is 5.69 Å². The van der Waals surface area contributed by atoms with Crippen molar-refractivity contribution in [1.29, 1.82) is 0 Å². The maximum Gasteiger partial charge on any atom is 0.309 e. The molecule has 6 heteroatoms. The summed E-state index contributed by atoms with van der Waals surface area (Å²) in [6.45, 7) is 1.56. The number of benzene rings is 2. The molecule has 0 aliphatic heterocycles. The van der Waals surface area contributed by atoms with E-state index in [4.69, 9.17) is 4.74 Å². The largest absolute Gasteiger partial charge is 0.455 e. The minimum Gasteiger partial charge on any atom is -0.455 e. The van der Waals surface area contributed by atoms with E-state index in [1.54, 1.807) is 30.3 Å². The summed E-state index contributed by atoms with van der Waals surface area (Å²) in [6, 6.07) is 14.2. The topological polar surface area (TPSA) is 84.5 Å². The van der Waals surface area contributed by atoms with E-state index in [9.17, 15) is 14.4 Å². The average molecular weight is 392 g/mol. The number of carbonyl (C=O) groups is 3. The zero-order valence-electron chi connectivity index (χ0n) is 16.3. The molecule has 0 bridgehead atoms. The molecule has 0 radical (unpaired) electrons. The fourth-order valence-corrected chi connectivity index (χ4v) is 3.16. The smallest absolute Gasteiger partial charge is 0.309 e. The molecule has 1 aliphatic rings. The Morgan fingerprint density at radius 3 is 2.62 bits per heavy atom. The number of anilines is 2. The van der Waals surface area contributed by atoms with Crippen molar-refractivity contribution in [3.8, 4) is 0 Å². The van der Waals surface area contributed by atoms with Crippen LogP contribution in [0.4, 0.5) is 11.4 Å². The third-order valence-electron chi connectivity index (χ3n) is 4.67. The van der Waals surface area contributed by atoms with Gasteiger partial charge in [0.05, 0.1) is 17.2 Å². The van der Waals surface area contributed by atoms with Gasteiger partial charge in [-0.2, -0.15) is 0 Å². The number of esters is 1. The predicted octanol–water partition coefficient (Wildman–Crippen LogP) is 4.09. The summed E-state index contributed by atoms with van der Waals surface area (Å²) in [5, 5.41) is 5.48. The third kappa shape index (κ3) is 5.78. The van der Waals surface area contributed by atoms with Gasteiger partial charge in [-0.15, -0.1) is 0 Å². The van der Waals surface area contributed by atoms with E-state index in [2.05, 4.69) is 10.6 Å². The molecule has 2 aromatic rings. The van der Waals surface area contributed by atoms with Gasteiger partial charge in [0.15, 0.2) is 6.61 Å². The van der Waals surface area contributed by atoms with Crippen molar-refractivity contribution in [2.24, 2.45) is 5.92 Å². The van der Waals surface area contributed by atoms with Gasteiger partial charge in [0.1, 0.15) is 0 Å². The molecule has 150 valence electrons. The monoisotopic (exact) mass is 392 g/mol. The summed E-state index contributed by atoms with van der Waals surface area (Å²) in [5.74, 6) is -1.38. The highest BCUT2D eigenvalue weighted by Gasteiger charge is 2.21. The second-order valence-electron chi connectivity index (χ2n) is 7.01. The Labute approximate surface area is 170 Å². The molecule has 2 amide bonds. The van der Waals surface area contributed by atoms with Gasteiger partial charge in [-0.05, 0) is 56.0 Å². The quantitative estimate of drug-likeness (QED) is 0.573. The summed E-state index contributed by atoms with van der Waals surface area (Å²) in [5.41, 5.74) is 2.39. The van der Waals surface area contributed by atoms with Gasteiger partial charge in [-0.25, -0.2) is 0 Å². The van der Waals surface area contributed by atoms with E-state index >= 15 is 0 Å². The predicted molar refractivity (Wildman–Crippen MR) is 112 cm³/mol. The molecule has 1 aliphatic carbocycles. The highest BCUT2D eigenvalue weighted by atomic mass is 16.5. The van der Waals surface area contributed by atoms with Crippen LogP contribution >= 0.6 is 0 Å². The number of hydrogen-bond donors (Lipinski definition) is 2. The normalized spacial score (nSPS) is 15.4. The van der Waals surface area contributed by atoms with Crippen molar-refractivity contribution >= 4 is 29.2 Å². The molecule has 0 aromatic heterocycles. The fraction of sp³-hybridized carbons (Fsp3) is 0.261. The Kier molecular flexibility index (Phi) is 6.79. The molecule has 6 nitrogen and oxygen atoms in total. The maximum absolute atomic E-state index is 12.6. The summed E-state index contributed by atoms with van der Waals surface area (Å²) in [7, 11) is 0. The van der Waals surface area contributed by atoms with Crippen LogP contribution in [0.3, 0.4) is 0 Å². The lowest BCUT2D eigenvalue weighted by Crippen LogP contribution is -2.26. The van der Waals surface area contributed by atoms with Gasteiger partial charge < -0.3 is 15.4 Å². The molecule has 0 unspecified atom stereocenters. The number of allylic oxidation sites excluding steroid dienone is 2. The standard InChI is InChI=1S/C23H24N2O4/c1-16-8-7-11-18(14-16)24-22(27)19-12-5-6-13-20(19)25-21(26)15-29-23(28)17-9-3-2-4-10-17/h2-3,5-8,11-14,17H,4,9-10,15H2,1H3,(H,24,27)(H,25,26)/t17-/m0/s1. The SMILES string of the molecule is Cc1cccc(NC(=O)c2ccccc2NC(=O)COC(=O)[C@H]2CC=CCC2)c1. The molecule has 2 N–H and O–H groups in total. The molecule has 2 aromatic carbocycles. The Morgan fingerprint density at radius 1 is 1.03 bits per heavy atom. The van der Waals surface area contributed by atoms with Crippen LogP contribution in [0.1, 0.15) is 35.2 Å². The number of amides is 2. The summed E-state index contributed by atoms with van der Waals surface area (Å²) >= 11 is 0. The van der Waals surface area contributed by atoms with Crippen molar-refractivity contribution in [2.45, 2.75) is 26.2 Å². The van der Waals surface area contributed by atoms with Crippen LogP contribution in [0, 0.1) is 12.8 Å². The highest BCUT2D eigenvalue weighted by Crippen LogP contribution is 2.20. The minimum atomic E-state index is -0.486. The van der Waals surface area contributed by atoms with Crippen molar-refractivity contribution in [3.05, 3.63) is 71.8 Å². The van der Waals surface area contributed by atoms with E-state index in [0.717, 1.165) is 18.4 Å². The second-order valence-corrected chi connectivity index (χ2v) is 7.01. The third-order valence-corrected chi connectivity index (χ3v) is 4.67. The average Bonchev–Trinajstić information content (AvgIpc) is 2.73. The van der Waals surface area contributed by atoms with Gasteiger partial charge in [-0.3, -0.25) is 14.4 Å². The van der Waals surface area contributed by atoms with E-state index in [-0.39, 0.29) is 24.4 Å². The zero-order valence-corrected chi connectivity index (χ0v) is 16.3. The van der Waals surface area contributed by atoms with Gasteiger partial charge in [0.25, 0.3) is 11.8 Å². The molecular formula is C23H24N2O4. The van der Waals surface area contributed by atoms with Gasteiger partial charge >= 0.3 is 5.97 Å². The van der Waals surface area contributed by atoms with Crippen LogP contribution in [0.25, 0.3) is 0 Å². The summed E-state index contributed by atoms with van der Waals surface area (Å²) in [4.78, 5) is 37.0. The van der Waals surface area contributed by atoms with Crippen LogP contribution in [0.5, 0.6) is 0 Å². The number of para-hydroxylation sites is 1. The lowest BCUT2D eigenvalue weighted by Gasteiger charge is -2.16. The van der Waals surface area contributed by atoms with E-state index in [1.807, 2.05) is 37.3 Å². The van der Waals surface area contributed by atoms with Crippen LogP contribution in [0.15, 0.2) is 60.7 Å². The Morgan fingerprint density at radius 2 is 1.86 bits per heavy atom. The first-order valence-electron chi connectivity index (χ1n) is 9.61. The summed E-state index contributed by atoms with van der Waals surface area (Å²) in [6.07, 6.45) is 6.21. The molecule has 0 saturated heterocycles. The van der Waals surface area contributed by atoms with E-state index < -0.39 is 5.91 Å². The number of hydrogen-bond acceptors (Lipinski definition) is 4. The van der Waals surface area contributed by atoms with Crippen LogP contribution in [0.2, 0.25) is 0 Å². The lowest BCUT2D eigenvalue weighted by molar-refractivity contribution is -0.151. The molecule has 0 fully saturated rings. The van der Waals surface area contributed by atoms with Crippen LogP contribution in [-0.2, 0) is 14.3 Å². The number of nitrogens with one attached hydrogen (secondary N) is 2. The molecule has 29 heavy (non-hydrogen) atoms. The van der Waals surface area contributed by atoms with Crippen molar-refractivity contribution in [1.82, 2.24) is 0 Å². The molecule has 0 spiro atoms. The van der Waals surface area contributed by atoms with Crippen LogP contribution < -0.4 is 10.6 Å². The highest BCUT2D eigenvalue weighted by molar-refractivity contribution is 6.10. The first kappa shape index (κ1) is 20.3. The number of carbonyl (C=O) groups excluding carboxylic acids is 3.